The van der Waals surface area contributed by atoms with E-state index in [1.54, 1.807) is 56.7 Å². The van der Waals surface area contributed by atoms with Crippen molar-refractivity contribution in [1.29, 1.82) is 5.26 Å². The second-order valence-corrected chi connectivity index (χ2v) is 5.51. The van der Waals surface area contributed by atoms with Gasteiger partial charge in [-0.1, -0.05) is 6.07 Å². The lowest BCUT2D eigenvalue weighted by Gasteiger charge is -2.15. The Morgan fingerprint density at radius 2 is 1.70 bits per heavy atom. The number of hydrogen-bond donors (Lipinski definition) is 2. The summed E-state index contributed by atoms with van der Waals surface area (Å²) in [5.74, 6) is 2.29. The van der Waals surface area contributed by atoms with E-state index in [1.807, 2.05) is 6.07 Å². The first kappa shape index (κ1) is 17.9. The fourth-order valence-corrected chi connectivity index (χ4v) is 2.43. The van der Waals surface area contributed by atoms with Gasteiger partial charge in [0.25, 0.3) is 0 Å². The average Bonchev–Trinajstić information content (AvgIpc) is 2.71. The lowest BCUT2D eigenvalue weighted by atomic mass is 10.2. The zero-order valence-electron chi connectivity index (χ0n) is 14.9. The van der Waals surface area contributed by atoms with E-state index in [1.165, 1.54) is 6.20 Å². The molecule has 0 aliphatic rings. The van der Waals surface area contributed by atoms with Crippen LogP contribution in [0.2, 0.25) is 0 Å². The number of nitrogens with zero attached hydrogens (tertiary/aromatic N) is 2. The van der Waals surface area contributed by atoms with Gasteiger partial charge in [-0.3, -0.25) is 0 Å². The Bertz CT molecular complexity index is 959. The first-order chi connectivity index (χ1) is 13.1. The molecular formula is C20H18N4O3. The number of methoxy groups -OCH3 is 2. The van der Waals surface area contributed by atoms with Crippen molar-refractivity contribution in [2.24, 2.45) is 0 Å². The summed E-state index contributed by atoms with van der Waals surface area (Å²) in [5.41, 5.74) is 7.89. The van der Waals surface area contributed by atoms with E-state index >= 15 is 0 Å². The van der Waals surface area contributed by atoms with Crippen LogP contribution in [0.1, 0.15) is 5.56 Å². The fourth-order valence-electron chi connectivity index (χ4n) is 2.43. The summed E-state index contributed by atoms with van der Waals surface area (Å²) in [5, 5.41) is 12.1. The van der Waals surface area contributed by atoms with Crippen LogP contribution in [0.4, 0.5) is 17.2 Å². The molecule has 2 aromatic carbocycles. The molecule has 3 N–H and O–H groups in total. The molecular weight excluding hydrogens is 344 g/mol. The number of ether oxygens (including phenoxy) is 3. The van der Waals surface area contributed by atoms with Crippen LogP contribution in [0, 0.1) is 11.3 Å². The third kappa shape index (κ3) is 4.02. The van der Waals surface area contributed by atoms with Crippen LogP contribution in [0.3, 0.4) is 0 Å². The minimum Gasteiger partial charge on any atom is -0.493 e. The third-order valence-corrected chi connectivity index (χ3v) is 3.79. The topological polar surface area (TPSA) is 102 Å². The van der Waals surface area contributed by atoms with Gasteiger partial charge in [0, 0.05) is 11.8 Å². The molecule has 3 aromatic rings. The van der Waals surface area contributed by atoms with Gasteiger partial charge >= 0.3 is 0 Å². The second-order valence-electron chi connectivity index (χ2n) is 5.51. The van der Waals surface area contributed by atoms with Gasteiger partial charge in [-0.2, -0.15) is 5.26 Å². The largest absolute Gasteiger partial charge is 0.493 e. The van der Waals surface area contributed by atoms with Gasteiger partial charge in [0.15, 0.2) is 11.5 Å². The molecule has 0 bridgehead atoms. The van der Waals surface area contributed by atoms with Crippen molar-refractivity contribution >= 4 is 17.2 Å². The smallest absolute Gasteiger partial charge is 0.211 e. The Balaban J connectivity index is 1.88. The molecule has 0 spiro atoms. The molecule has 7 heteroatoms. The summed E-state index contributed by atoms with van der Waals surface area (Å²) in [6.07, 6.45) is 1.52. The van der Waals surface area contributed by atoms with E-state index in [0.29, 0.717) is 40.1 Å². The number of nitriles is 1. The number of pyridine rings is 1. The highest BCUT2D eigenvalue weighted by molar-refractivity contribution is 5.71. The summed E-state index contributed by atoms with van der Waals surface area (Å²) >= 11 is 0. The zero-order chi connectivity index (χ0) is 19.2. The molecule has 0 fully saturated rings. The van der Waals surface area contributed by atoms with E-state index in [0.717, 1.165) is 5.69 Å². The number of para-hydroxylation sites is 1. The number of rotatable bonds is 6. The highest BCUT2D eigenvalue weighted by Crippen LogP contribution is 2.40. The van der Waals surface area contributed by atoms with Crippen molar-refractivity contribution in [1.82, 2.24) is 4.98 Å². The van der Waals surface area contributed by atoms with Crippen LogP contribution in [0.5, 0.6) is 23.0 Å². The van der Waals surface area contributed by atoms with E-state index < -0.39 is 0 Å². The summed E-state index contributed by atoms with van der Waals surface area (Å²) in [6, 6.07) is 16.2. The molecule has 136 valence electrons. The van der Waals surface area contributed by atoms with E-state index in [9.17, 15) is 0 Å². The van der Waals surface area contributed by atoms with Crippen LogP contribution >= 0.6 is 0 Å². The van der Waals surface area contributed by atoms with E-state index in [4.69, 9.17) is 25.2 Å². The summed E-state index contributed by atoms with van der Waals surface area (Å²) < 4.78 is 16.6. The maximum atomic E-state index is 8.89. The SMILES string of the molecule is COc1cccc(OC)c1Oc1cnc(N)c(Nc2ccc(C#N)cc2)c1. The number of anilines is 3. The molecule has 0 saturated heterocycles. The van der Waals surface area contributed by atoms with Crippen LogP contribution in [0.25, 0.3) is 0 Å². The summed E-state index contributed by atoms with van der Waals surface area (Å²) in [4.78, 5) is 4.17. The van der Waals surface area contributed by atoms with Crippen LogP contribution < -0.4 is 25.3 Å². The highest BCUT2D eigenvalue weighted by atomic mass is 16.5. The standard InChI is InChI=1S/C20H18N4O3/c1-25-17-4-3-5-18(26-2)19(17)27-15-10-16(20(22)23-12-15)24-14-8-6-13(11-21)7-9-14/h3-10,12,24H,1-2H3,(H2,22,23). The van der Waals surface area contributed by atoms with Gasteiger partial charge in [-0.05, 0) is 36.4 Å². The maximum absolute atomic E-state index is 8.89. The minimum atomic E-state index is 0.318. The molecule has 0 unspecified atom stereocenters. The summed E-state index contributed by atoms with van der Waals surface area (Å²) in [6.45, 7) is 0. The van der Waals surface area contributed by atoms with Crippen LogP contribution in [-0.4, -0.2) is 19.2 Å². The predicted octanol–water partition coefficient (Wildman–Crippen LogP) is 4.09. The van der Waals surface area contributed by atoms with E-state index in [-0.39, 0.29) is 0 Å². The van der Waals surface area contributed by atoms with Gasteiger partial charge in [0.2, 0.25) is 5.75 Å². The molecule has 1 heterocycles. The molecule has 0 aliphatic carbocycles. The molecule has 0 aliphatic heterocycles. The number of benzene rings is 2. The predicted molar refractivity (Wildman–Crippen MR) is 103 cm³/mol. The molecule has 1 aromatic heterocycles. The molecule has 0 amide bonds. The van der Waals surface area contributed by atoms with Gasteiger partial charge < -0.3 is 25.3 Å². The van der Waals surface area contributed by atoms with Crippen molar-refractivity contribution in [3.05, 3.63) is 60.3 Å². The van der Waals surface area contributed by atoms with Crippen molar-refractivity contribution < 1.29 is 14.2 Å². The van der Waals surface area contributed by atoms with Gasteiger partial charge in [-0.15, -0.1) is 0 Å². The van der Waals surface area contributed by atoms with Crippen molar-refractivity contribution in [3.63, 3.8) is 0 Å². The average molecular weight is 362 g/mol. The van der Waals surface area contributed by atoms with Gasteiger partial charge in [-0.25, -0.2) is 4.98 Å². The normalized spacial score (nSPS) is 9.96. The Morgan fingerprint density at radius 3 is 2.30 bits per heavy atom. The molecule has 27 heavy (non-hydrogen) atoms. The monoisotopic (exact) mass is 362 g/mol. The maximum Gasteiger partial charge on any atom is 0.211 e. The van der Waals surface area contributed by atoms with Crippen molar-refractivity contribution in [3.8, 4) is 29.1 Å². The molecule has 3 rings (SSSR count). The Labute approximate surface area is 156 Å². The van der Waals surface area contributed by atoms with Crippen LogP contribution in [0.15, 0.2) is 54.7 Å². The first-order valence-corrected chi connectivity index (χ1v) is 8.06. The lowest BCUT2D eigenvalue weighted by molar-refractivity contribution is 0.346. The zero-order valence-corrected chi connectivity index (χ0v) is 14.9. The lowest BCUT2D eigenvalue weighted by Crippen LogP contribution is -2.00. The van der Waals surface area contributed by atoms with Crippen LogP contribution in [-0.2, 0) is 0 Å². The molecule has 0 radical (unpaired) electrons. The second kappa shape index (κ2) is 7.97. The Morgan fingerprint density at radius 1 is 1.04 bits per heavy atom. The Hall–Kier alpha value is -3.92. The van der Waals surface area contributed by atoms with Crippen molar-refractivity contribution in [2.45, 2.75) is 0 Å². The quantitative estimate of drug-likeness (QED) is 0.681. The summed E-state index contributed by atoms with van der Waals surface area (Å²) in [7, 11) is 3.11. The number of nitrogens with two attached hydrogens (primary N) is 1. The van der Waals surface area contributed by atoms with Gasteiger partial charge in [0.1, 0.15) is 11.6 Å². The number of nitrogens with one attached hydrogen (secondary N) is 1. The van der Waals surface area contributed by atoms with E-state index in [2.05, 4.69) is 16.4 Å². The van der Waals surface area contributed by atoms with Crippen molar-refractivity contribution in [2.75, 3.05) is 25.3 Å². The minimum absolute atomic E-state index is 0.318. The highest BCUT2D eigenvalue weighted by Gasteiger charge is 2.14. The van der Waals surface area contributed by atoms with Gasteiger partial charge in [0.05, 0.1) is 37.7 Å². The molecule has 0 saturated carbocycles. The third-order valence-electron chi connectivity index (χ3n) is 3.79. The fraction of sp³-hybridized carbons (Fsp3) is 0.100. The number of hydrogen-bond acceptors (Lipinski definition) is 7. The number of nitrogen functional groups attached to an aromatic ring is 1. The molecule has 0 atom stereocenters. The molecule has 7 nitrogen and oxygen atoms in total. The first-order valence-electron chi connectivity index (χ1n) is 8.06. The Kier molecular flexibility index (Phi) is 5.28. The number of aromatic nitrogens is 1.